The van der Waals surface area contributed by atoms with Gasteiger partial charge in [-0.05, 0) is 50.5 Å². The van der Waals surface area contributed by atoms with Gasteiger partial charge in [-0.1, -0.05) is 17.8 Å². The quantitative estimate of drug-likeness (QED) is 0.760. The molecule has 8 heteroatoms. The normalized spacial score (nSPS) is 21.5. The summed E-state index contributed by atoms with van der Waals surface area (Å²) in [6, 6.07) is 8.17. The van der Waals surface area contributed by atoms with Crippen LogP contribution >= 0.6 is 11.8 Å². The van der Waals surface area contributed by atoms with Gasteiger partial charge < -0.3 is 18.8 Å². The zero-order valence-corrected chi connectivity index (χ0v) is 18.1. The summed E-state index contributed by atoms with van der Waals surface area (Å²) in [6.07, 6.45) is 2.64. The van der Waals surface area contributed by atoms with E-state index in [2.05, 4.69) is 45.7 Å². The van der Waals surface area contributed by atoms with Gasteiger partial charge in [-0.25, -0.2) is 0 Å². The lowest BCUT2D eigenvalue weighted by molar-refractivity contribution is 0.0962. The van der Waals surface area contributed by atoms with Gasteiger partial charge in [0.05, 0.1) is 18.3 Å². The molecule has 3 aliphatic rings. The lowest BCUT2D eigenvalue weighted by Crippen LogP contribution is -2.37. The van der Waals surface area contributed by atoms with E-state index in [0.717, 1.165) is 47.5 Å². The van der Waals surface area contributed by atoms with Crippen molar-refractivity contribution in [3.8, 4) is 11.5 Å². The third-order valence-electron chi connectivity index (χ3n) is 5.71. The molecule has 3 aliphatic heterocycles. The maximum absolute atomic E-state index is 5.83. The fourth-order valence-electron chi connectivity index (χ4n) is 4.05. The summed E-state index contributed by atoms with van der Waals surface area (Å²) in [5, 5.41) is 2.96. The number of hydrogen-bond donors (Lipinski definition) is 2. The van der Waals surface area contributed by atoms with Crippen molar-refractivity contribution >= 4 is 22.6 Å². The van der Waals surface area contributed by atoms with E-state index in [1.807, 2.05) is 18.2 Å². The molecule has 1 atom stereocenters. The lowest BCUT2D eigenvalue weighted by Gasteiger charge is -2.20. The molecule has 0 radical (unpaired) electrons. The molecule has 0 bridgehead atoms. The average molecular weight is 427 g/mol. The number of aryl methyl sites for hydroxylation is 1. The molecule has 1 aromatic carbocycles. The van der Waals surface area contributed by atoms with Crippen LogP contribution in [0.3, 0.4) is 0 Å². The van der Waals surface area contributed by atoms with E-state index >= 15 is 0 Å². The zero-order chi connectivity index (χ0) is 20.5. The van der Waals surface area contributed by atoms with Crippen LogP contribution in [0.25, 0.3) is 5.70 Å². The number of aliphatic imine (C=N–C) groups is 1. The van der Waals surface area contributed by atoms with Crippen LogP contribution in [0.4, 0.5) is 0 Å². The minimum Gasteiger partial charge on any atom is -0.454 e. The molecule has 1 fully saturated rings. The fourth-order valence-corrected chi connectivity index (χ4v) is 4.72. The number of fused-ring (bicyclic) bond motifs is 1. The molecule has 158 valence electrons. The number of benzene rings is 1. The largest absolute Gasteiger partial charge is 0.454 e. The Balaban J connectivity index is 1.25. The number of rotatable bonds is 5. The monoisotopic (exact) mass is 426 g/mol. The standard InChI is InChI=1S/C22H26N4O3S/c1-14-8-18(15(2)26(14)11-17-4-3-7-27-17)19-12-30-22(25-24-19)23-10-16-5-6-20-21(9-16)29-13-28-20/h5-6,8-9,12,17,24H,3-4,7,10-11,13H2,1-2H3,(H,23,25)/t17-/m1/s1. The van der Waals surface area contributed by atoms with Crippen molar-refractivity contribution in [2.45, 2.75) is 45.9 Å². The third-order valence-corrected chi connectivity index (χ3v) is 6.52. The highest BCUT2D eigenvalue weighted by Crippen LogP contribution is 2.33. The smallest absolute Gasteiger partial charge is 0.231 e. The Morgan fingerprint density at radius 2 is 2.07 bits per heavy atom. The Hall–Kier alpha value is -2.58. The first-order chi connectivity index (χ1) is 14.7. The van der Waals surface area contributed by atoms with Crippen molar-refractivity contribution in [2.75, 3.05) is 13.4 Å². The summed E-state index contributed by atoms with van der Waals surface area (Å²) in [5.74, 6) is 1.58. The Morgan fingerprint density at radius 1 is 1.17 bits per heavy atom. The molecule has 0 unspecified atom stereocenters. The van der Waals surface area contributed by atoms with E-state index in [1.165, 1.54) is 23.4 Å². The number of aromatic nitrogens is 1. The lowest BCUT2D eigenvalue weighted by atomic mass is 10.2. The first kappa shape index (κ1) is 19.4. The van der Waals surface area contributed by atoms with Crippen LogP contribution in [-0.2, 0) is 17.8 Å². The highest BCUT2D eigenvalue weighted by Gasteiger charge is 2.21. The van der Waals surface area contributed by atoms with Crippen molar-refractivity contribution in [1.82, 2.24) is 15.4 Å². The highest BCUT2D eigenvalue weighted by molar-refractivity contribution is 8.16. The molecule has 2 aromatic rings. The second-order valence-electron chi connectivity index (χ2n) is 7.74. The predicted molar refractivity (Wildman–Crippen MR) is 118 cm³/mol. The highest BCUT2D eigenvalue weighted by atomic mass is 32.2. The van der Waals surface area contributed by atoms with Gasteiger partial charge in [0.25, 0.3) is 0 Å². The van der Waals surface area contributed by atoms with Gasteiger partial charge >= 0.3 is 0 Å². The van der Waals surface area contributed by atoms with E-state index in [4.69, 9.17) is 14.2 Å². The first-order valence-electron chi connectivity index (χ1n) is 10.3. The van der Waals surface area contributed by atoms with Crippen LogP contribution in [0.2, 0.25) is 0 Å². The average Bonchev–Trinajstić information content (AvgIpc) is 3.50. The van der Waals surface area contributed by atoms with Gasteiger partial charge in [0.1, 0.15) is 0 Å². The number of nitrogens with zero attached hydrogens (tertiary/aromatic N) is 2. The first-order valence-corrected chi connectivity index (χ1v) is 11.2. The fraction of sp³-hybridized carbons (Fsp3) is 0.409. The molecule has 1 aromatic heterocycles. The summed E-state index contributed by atoms with van der Waals surface area (Å²) in [4.78, 5) is 4.66. The van der Waals surface area contributed by atoms with E-state index in [9.17, 15) is 0 Å². The summed E-state index contributed by atoms with van der Waals surface area (Å²) in [7, 11) is 0. The van der Waals surface area contributed by atoms with E-state index in [0.29, 0.717) is 12.6 Å². The van der Waals surface area contributed by atoms with Crippen LogP contribution in [0.5, 0.6) is 11.5 Å². The molecule has 2 N–H and O–H groups in total. The van der Waals surface area contributed by atoms with Crippen LogP contribution < -0.4 is 20.3 Å². The maximum Gasteiger partial charge on any atom is 0.231 e. The maximum atomic E-state index is 5.83. The number of thioether (sulfide) groups is 1. The van der Waals surface area contributed by atoms with Crippen LogP contribution in [0.15, 0.2) is 34.7 Å². The van der Waals surface area contributed by atoms with Crippen molar-refractivity contribution in [3.05, 3.63) is 52.2 Å². The van der Waals surface area contributed by atoms with E-state index in [1.54, 1.807) is 11.8 Å². The summed E-state index contributed by atoms with van der Waals surface area (Å²) < 4.78 is 19.0. The Morgan fingerprint density at radius 3 is 2.87 bits per heavy atom. The van der Waals surface area contributed by atoms with Gasteiger partial charge in [0, 0.05) is 35.5 Å². The minimum atomic E-state index is 0.288. The molecule has 1 saturated heterocycles. The Labute approximate surface area is 180 Å². The number of amidine groups is 1. The molecule has 0 aliphatic carbocycles. The second kappa shape index (κ2) is 8.28. The Bertz CT molecular complexity index is 1010. The molecule has 5 rings (SSSR count). The second-order valence-corrected chi connectivity index (χ2v) is 8.60. The number of hydrazine groups is 1. The minimum absolute atomic E-state index is 0.288. The number of hydrogen-bond acceptors (Lipinski definition) is 6. The van der Waals surface area contributed by atoms with Crippen molar-refractivity contribution < 1.29 is 14.2 Å². The van der Waals surface area contributed by atoms with E-state index < -0.39 is 0 Å². The molecular formula is C22H26N4O3S. The van der Waals surface area contributed by atoms with Crippen LogP contribution in [0.1, 0.15) is 35.4 Å². The third kappa shape index (κ3) is 3.89. The molecule has 0 spiro atoms. The van der Waals surface area contributed by atoms with Crippen molar-refractivity contribution in [3.63, 3.8) is 0 Å². The topological polar surface area (TPSA) is 69.0 Å². The van der Waals surface area contributed by atoms with Crippen molar-refractivity contribution in [2.24, 2.45) is 4.99 Å². The van der Waals surface area contributed by atoms with Crippen LogP contribution in [0, 0.1) is 13.8 Å². The predicted octanol–water partition coefficient (Wildman–Crippen LogP) is 3.71. The van der Waals surface area contributed by atoms with Gasteiger partial charge in [-0.2, -0.15) is 0 Å². The molecule has 7 nitrogen and oxygen atoms in total. The SMILES string of the molecule is Cc1cc(C2=CSC(=NCc3ccc4c(c3)OCO4)NN2)c(C)n1C[C@H]1CCCO1. The van der Waals surface area contributed by atoms with Gasteiger partial charge in [0.15, 0.2) is 16.7 Å². The number of ether oxygens (including phenoxy) is 3. The van der Waals surface area contributed by atoms with Gasteiger partial charge in [-0.3, -0.25) is 15.8 Å². The van der Waals surface area contributed by atoms with Crippen LogP contribution in [-0.4, -0.2) is 29.2 Å². The number of nitrogens with one attached hydrogen (secondary N) is 2. The van der Waals surface area contributed by atoms with Gasteiger partial charge in [0.2, 0.25) is 6.79 Å². The van der Waals surface area contributed by atoms with E-state index in [-0.39, 0.29) is 6.79 Å². The molecule has 0 saturated carbocycles. The summed E-state index contributed by atoms with van der Waals surface area (Å²) >= 11 is 1.59. The summed E-state index contributed by atoms with van der Waals surface area (Å²) in [6.45, 7) is 7.01. The molecule has 0 amide bonds. The van der Waals surface area contributed by atoms with Crippen molar-refractivity contribution in [1.29, 1.82) is 0 Å². The molecule has 4 heterocycles. The molecule has 30 heavy (non-hydrogen) atoms. The molecular weight excluding hydrogens is 400 g/mol. The zero-order valence-electron chi connectivity index (χ0n) is 17.2. The summed E-state index contributed by atoms with van der Waals surface area (Å²) in [5.41, 5.74) is 12.4. The van der Waals surface area contributed by atoms with Gasteiger partial charge in [-0.15, -0.1) is 0 Å². The Kier molecular flexibility index (Phi) is 5.35.